The van der Waals surface area contributed by atoms with Crippen molar-refractivity contribution < 1.29 is 93.8 Å². The summed E-state index contributed by atoms with van der Waals surface area (Å²) in [6.07, 6.45) is -12.6. The molecular formula is C49H78O19. The summed E-state index contributed by atoms with van der Waals surface area (Å²) < 4.78 is 40.6. The molecule has 388 valence electrons. The molecule has 0 bridgehead atoms. The Labute approximate surface area is 398 Å². The molecule has 3 saturated heterocycles. The average molecular weight is 971 g/mol. The number of hydrogen-bond donors (Lipinski definition) is 10. The second-order valence-electron chi connectivity index (χ2n) is 23.5. The number of carbonyl (C=O) groups excluding carboxylic acids is 2. The number of allylic oxidation sites excluding steroid dienone is 2. The van der Waals surface area contributed by atoms with Gasteiger partial charge in [-0.3, -0.25) is 9.59 Å². The van der Waals surface area contributed by atoms with Crippen molar-refractivity contribution in [1.29, 1.82) is 0 Å². The highest BCUT2D eigenvalue weighted by atomic mass is 16.7. The number of carbonyl (C=O) groups is 2. The van der Waals surface area contributed by atoms with E-state index in [0.29, 0.717) is 32.1 Å². The first-order chi connectivity index (χ1) is 31.8. The standard InChI is InChI=1S/C49H78O19/c1-23(52)64-27-20-63-41(37(58)34(27)55)67-31-11-12-45(4)29(46(31,5)22-51)10-13-48(7)30(45)9-8-24-25-18-44(2,3)14-16-49(25,17-15-47(24,48)6)43(61)68-42-39(60)36(57)33(54)28(66-42)21-62-40-38(59)35(56)32(53)26(19-50)65-40/h8,25-42,50-51,53-60H,9-22H2,1-7H3/t25?,26-,27+,28-,29?,30?,31?,32-,33-,34+,35+,36+,37-,38-,39-,40-,41+,42+,45?,46?,47?,48?,49?/m1/s1. The molecule has 8 rings (SSSR count). The van der Waals surface area contributed by atoms with E-state index in [4.69, 9.17) is 33.2 Å². The number of hydrogen-bond acceptors (Lipinski definition) is 19. The summed E-state index contributed by atoms with van der Waals surface area (Å²) in [5, 5.41) is 107. The lowest BCUT2D eigenvalue weighted by atomic mass is 9.33. The predicted molar refractivity (Wildman–Crippen MR) is 235 cm³/mol. The van der Waals surface area contributed by atoms with E-state index in [-0.39, 0.29) is 52.6 Å². The molecule has 3 aliphatic heterocycles. The molecule has 0 aromatic rings. The van der Waals surface area contributed by atoms with Crippen LogP contribution in [0.5, 0.6) is 0 Å². The smallest absolute Gasteiger partial charge is 0.315 e. The van der Waals surface area contributed by atoms with Gasteiger partial charge in [0.1, 0.15) is 61.0 Å². The van der Waals surface area contributed by atoms with Gasteiger partial charge in [0.15, 0.2) is 18.7 Å². The van der Waals surface area contributed by atoms with Crippen molar-refractivity contribution in [3.05, 3.63) is 11.6 Å². The Hall–Kier alpha value is -1.92. The summed E-state index contributed by atoms with van der Waals surface area (Å²) in [6, 6.07) is 0. The summed E-state index contributed by atoms with van der Waals surface area (Å²) in [5.41, 5.74) is -1.35. The Morgan fingerprint density at radius 3 is 1.99 bits per heavy atom. The Morgan fingerprint density at radius 2 is 1.32 bits per heavy atom. The van der Waals surface area contributed by atoms with Crippen LogP contribution in [0.25, 0.3) is 0 Å². The fourth-order valence-electron chi connectivity index (χ4n) is 15.0. The third kappa shape index (κ3) is 8.41. The second kappa shape index (κ2) is 18.8. The van der Waals surface area contributed by atoms with Gasteiger partial charge in [0.05, 0.1) is 37.9 Å². The van der Waals surface area contributed by atoms with Gasteiger partial charge in [0, 0.05) is 12.3 Å². The second-order valence-corrected chi connectivity index (χ2v) is 23.5. The molecule has 9 unspecified atom stereocenters. The van der Waals surface area contributed by atoms with Crippen LogP contribution in [-0.2, 0) is 42.7 Å². The quantitative estimate of drug-likeness (QED) is 0.0801. The predicted octanol–water partition coefficient (Wildman–Crippen LogP) is 0.323. The molecule has 19 nitrogen and oxygen atoms in total. The fraction of sp³-hybridized carbons (Fsp3) is 0.918. The lowest BCUT2D eigenvalue weighted by Gasteiger charge is -2.71. The minimum atomic E-state index is -1.82. The molecular weight excluding hydrogens is 893 g/mol. The van der Waals surface area contributed by atoms with Gasteiger partial charge in [0.2, 0.25) is 6.29 Å². The van der Waals surface area contributed by atoms with Gasteiger partial charge in [-0.1, -0.05) is 53.2 Å². The van der Waals surface area contributed by atoms with E-state index in [2.05, 4.69) is 40.7 Å². The largest absolute Gasteiger partial charge is 0.457 e. The molecule has 3 heterocycles. The van der Waals surface area contributed by atoms with Crippen LogP contribution in [0.15, 0.2) is 11.6 Å². The van der Waals surface area contributed by atoms with E-state index >= 15 is 0 Å². The Morgan fingerprint density at radius 1 is 0.691 bits per heavy atom. The Kier molecular flexibility index (Phi) is 14.5. The maximum Gasteiger partial charge on any atom is 0.315 e. The monoisotopic (exact) mass is 971 g/mol. The molecule has 0 amide bonds. The summed E-state index contributed by atoms with van der Waals surface area (Å²) in [7, 11) is 0. The normalized spacial score (nSPS) is 52.3. The number of ether oxygens (including phenoxy) is 7. The van der Waals surface area contributed by atoms with Gasteiger partial charge in [-0.05, 0) is 104 Å². The zero-order chi connectivity index (χ0) is 49.7. The van der Waals surface area contributed by atoms with E-state index in [1.165, 1.54) is 12.5 Å². The van der Waals surface area contributed by atoms with E-state index in [1.54, 1.807) is 0 Å². The van der Waals surface area contributed by atoms with Crippen LogP contribution in [0.1, 0.15) is 113 Å². The third-order valence-corrected chi connectivity index (χ3v) is 19.3. The van der Waals surface area contributed by atoms with Crippen LogP contribution in [0.2, 0.25) is 0 Å². The number of fused-ring (bicyclic) bond motifs is 7. The highest BCUT2D eigenvalue weighted by Crippen LogP contribution is 2.76. The maximum atomic E-state index is 15.0. The van der Waals surface area contributed by atoms with Gasteiger partial charge in [0.25, 0.3) is 0 Å². The summed E-state index contributed by atoms with van der Waals surface area (Å²) in [6.45, 7) is 13.3. The minimum Gasteiger partial charge on any atom is -0.457 e. The summed E-state index contributed by atoms with van der Waals surface area (Å²) in [4.78, 5) is 26.6. The van der Waals surface area contributed by atoms with Gasteiger partial charge in [-0.25, -0.2) is 0 Å². The van der Waals surface area contributed by atoms with Crippen molar-refractivity contribution in [2.24, 2.45) is 50.2 Å². The van der Waals surface area contributed by atoms with Gasteiger partial charge < -0.3 is 84.2 Å². The number of aliphatic hydroxyl groups excluding tert-OH is 10. The van der Waals surface area contributed by atoms with E-state index < -0.39 is 128 Å². The SMILES string of the molecule is CC(=O)O[C@H]1CO[C@@H](OC2CCC3(C)C(CCC4(C)C3CC=C3C5CC(C)(C)CCC5(C(=O)O[C@@H]5O[C@H](CO[C@@H]6O[C@H](CO)[C@@H](O)[C@H](O)[C@H]6O)[C@@H](O)[C@H](O)[C@H]5O)CCC34C)C2(C)CO)[C@H](O)[C@H]1O. The van der Waals surface area contributed by atoms with Crippen LogP contribution < -0.4 is 0 Å². The molecule has 68 heavy (non-hydrogen) atoms. The maximum absolute atomic E-state index is 15.0. The van der Waals surface area contributed by atoms with Crippen molar-refractivity contribution in [3.8, 4) is 0 Å². The first-order valence-electron chi connectivity index (χ1n) is 24.8. The average Bonchev–Trinajstić information content (AvgIpc) is 3.29. The molecule has 0 aromatic carbocycles. The molecule has 8 aliphatic rings. The molecule has 5 aliphatic carbocycles. The van der Waals surface area contributed by atoms with Crippen LogP contribution >= 0.6 is 0 Å². The van der Waals surface area contributed by atoms with Crippen molar-refractivity contribution in [2.45, 2.75) is 205 Å². The third-order valence-electron chi connectivity index (χ3n) is 19.3. The van der Waals surface area contributed by atoms with Gasteiger partial charge in [-0.15, -0.1) is 0 Å². The van der Waals surface area contributed by atoms with Crippen LogP contribution in [0.3, 0.4) is 0 Å². The van der Waals surface area contributed by atoms with Crippen molar-refractivity contribution in [2.75, 3.05) is 26.4 Å². The van der Waals surface area contributed by atoms with Crippen molar-refractivity contribution in [1.82, 2.24) is 0 Å². The highest BCUT2D eigenvalue weighted by molar-refractivity contribution is 5.79. The Bertz CT molecular complexity index is 1880. The molecule has 7 fully saturated rings. The lowest BCUT2D eigenvalue weighted by Crippen LogP contribution is -2.67. The molecule has 19 heteroatoms. The summed E-state index contributed by atoms with van der Waals surface area (Å²) >= 11 is 0. The van der Waals surface area contributed by atoms with Crippen molar-refractivity contribution >= 4 is 11.9 Å². The number of rotatable bonds is 10. The van der Waals surface area contributed by atoms with Crippen LogP contribution in [0, 0.1) is 50.2 Å². The van der Waals surface area contributed by atoms with Gasteiger partial charge >= 0.3 is 11.9 Å². The molecule has 23 atom stereocenters. The zero-order valence-corrected chi connectivity index (χ0v) is 40.5. The van der Waals surface area contributed by atoms with E-state index in [0.717, 1.165) is 32.1 Å². The fourth-order valence-corrected chi connectivity index (χ4v) is 15.0. The zero-order valence-electron chi connectivity index (χ0n) is 40.5. The molecule has 4 saturated carbocycles. The summed E-state index contributed by atoms with van der Waals surface area (Å²) in [5.74, 6) is -1.15. The van der Waals surface area contributed by atoms with E-state index in [9.17, 15) is 60.7 Å². The molecule has 0 aromatic heterocycles. The topological polar surface area (TPSA) is 301 Å². The minimum absolute atomic E-state index is 0.0309. The number of esters is 2. The lowest BCUT2D eigenvalue weighted by molar-refractivity contribution is -0.328. The number of aliphatic hydroxyl groups is 10. The van der Waals surface area contributed by atoms with Crippen LogP contribution in [0.4, 0.5) is 0 Å². The molecule has 0 spiro atoms. The van der Waals surface area contributed by atoms with Crippen molar-refractivity contribution in [3.63, 3.8) is 0 Å². The first kappa shape index (κ1) is 52.4. The van der Waals surface area contributed by atoms with Crippen LogP contribution in [-0.4, -0.2) is 182 Å². The van der Waals surface area contributed by atoms with Gasteiger partial charge in [-0.2, -0.15) is 0 Å². The highest BCUT2D eigenvalue weighted by Gasteiger charge is 2.70. The Balaban J connectivity index is 1.01. The first-order valence-corrected chi connectivity index (χ1v) is 24.8. The molecule has 10 N–H and O–H groups in total. The van der Waals surface area contributed by atoms with E-state index in [1.807, 2.05) is 6.92 Å². The molecule has 0 radical (unpaired) electrons.